The summed E-state index contributed by atoms with van der Waals surface area (Å²) in [6, 6.07) is 13.0. The Morgan fingerprint density at radius 3 is 2.34 bits per heavy atom. The van der Waals surface area contributed by atoms with Crippen LogP contribution < -0.4 is 15.4 Å². The lowest BCUT2D eigenvalue weighted by molar-refractivity contribution is -0.137. The maximum Gasteiger partial charge on any atom is 0.417 e. The summed E-state index contributed by atoms with van der Waals surface area (Å²) >= 11 is 0. The molecule has 0 unspecified atom stereocenters. The maximum atomic E-state index is 14.7. The van der Waals surface area contributed by atoms with E-state index in [1.807, 2.05) is 0 Å². The highest BCUT2D eigenvalue weighted by Crippen LogP contribution is 2.52. The van der Waals surface area contributed by atoms with Crippen molar-refractivity contribution in [3.8, 4) is 11.1 Å². The van der Waals surface area contributed by atoms with Gasteiger partial charge in [0, 0.05) is 29.8 Å². The average Bonchev–Trinajstić information content (AvgIpc) is 3.47. The van der Waals surface area contributed by atoms with Gasteiger partial charge in [0.1, 0.15) is 5.82 Å². The molecule has 0 saturated heterocycles. The molecule has 5 rings (SSSR count). The number of urea groups is 1. The molecule has 200 valence electrons. The molecule has 3 aromatic carbocycles. The number of carbonyl (C=O) groups is 1. The molecule has 1 heterocycles. The molecule has 3 aromatic rings. The van der Waals surface area contributed by atoms with Gasteiger partial charge in [-0.1, -0.05) is 37.1 Å². The standard InChI is InChI=1S/C27H25F4N3O3S/c28-22-5-3-4-20(27(29,30)31)24(22)18-8-11-23-21(14-18)26(12-1-2-13-26)16-34(23)25(35)33-15-17-6-9-19(10-7-17)38(32,36)37/h3-11,14H,1-2,12-13,15-16H2,(H,33,35)(H2,32,36,37). The van der Waals surface area contributed by atoms with Gasteiger partial charge in [0.25, 0.3) is 0 Å². The van der Waals surface area contributed by atoms with Crippen molar-refractivity contribution in [3.63, 3.8) is 0 Å². The van der Waals surface area contributed by atoms with E-state index in [0.29, 0.717) is 17.8 Å². The molecule has 0 bridgehead atoms. The number of rotatable bonds is 4. The van der Waals surface area contributed by atoms with Gasteiger partial charge in [0.15, 0.2) is 0 Å². The summed E-state index contributed by atoms with van der Waals surface area (Å²) in [7, 11) is -3.83. The first-order chi connectivity index (χ1) is 17.9. The summed E-state index contributed by atoms with van der Waals surface area (Å²) in [5.74, 6) is -0.957. The first-order valence-corrected chi connectivity index (χ1v) is 13.6. The van der Waals surface area contributed by atoms with Crippen molar-refractivity contribution in [1.82, 2.24) is 5.32 Å². The Bertz CT molecular complexity index is 1500. The van der Waals surface area contributed by atoms with Gasteiger partial charge in [-0.15, -0.1) is 0 Å². The fraction of sp³-hybridized carbons (Fsp3) is 0.296. The fourth-order valence-electron chi connectivity index (χ4n) is 5.61. The summed E-state index contributed by atoms with van der Waals surface area (Å²) in [5, 5.41) is 7.95. The average molecular weight is 548 g/mol. The number of nitrogens with zero attached hydrogens (tertiary/aromatic N) is 1. The van der Waals surface area contributed by atoms with Crippen LogP contribution in [0.25, 0.3) is 11.1 Å². The van der Waals surface area contributed by atoms with Gasteiger partial charge in [0.05, 0.1) is 10.5 Å². The van der Waals surface area contributed by atoms with Crippen molar-refractivity contribution < 1.29 is 30.8 Å². The van der Waals surface area contributed by atoms with E-state index < -0.39 is 38.6 Å². The molecule has 1 fully saturated rings. The molecule has 1 spiro atoms. The highest BCUT2D eigenvalue weighted by atomic mass is 32.2. The van der Waals surface area contributed by atoms with E-state index in [9.17, 15) is 30.8 Å². The van der Waals surface area contributed by atoms with Crippen molar-refractivity contribution in [2.75, 3.05) is 11.4 Å². The third kappa shape index (κ3) is 4.76. The molecular formula is C27H25F4N3O3S. The van der Waals surface area contributed by atoms with E-state index in [1.165, 1.54) is 18.2 Å². The Hall–Kier alpha value is -3.44. The van der Waals surface area contributed by atoms with Crippen LogP contribution in [-0.4, -0.2) is 21.0 Å². The number of nitrogens with one attached hydrogen (secondary N) is 1. The fourth-order valence-corrected chi connectivity index (χ4v) is 6.12. The van der Waals surface area contributed by atoms with E-state index in [-0.39, 0.29) is 23.0 Å². The summed E-state index contributed by atoms with van der Waals surface area (Å²) < 4.78 is 78.7. The number of hydrogen-bond donors (Lipinski definition) is 2. The van der Waals surface area contributed by atoms with Crippen molar-refractivity contribution >= 4 is 21.7 Å². The van der Waals surface area contributed by atoms with Crippen LogP contribution in [0.1, 0.15) is 42.4 Å². The predicted molar refractivity (Wildman–Crippen MR) is 134 cm³/mol. The molecule has 38 heavy (non-hydrogen) atoms. The van der Waals surface area contributed by atoms with Gasteiger partial charge in [-0.3, -0.25) is 4.90 Å². The number of sulfonamides is 1. The topological polar surface area (TPSA) is 92.5 Å². The molecule has 1 saturated carbocycles. The molecule has 2 aliphatic rings. The van der Waals surface area contributed by atoms with E-state index in [2.05, 4.69) is 5.32 Å². The minimum atomic E-state index is -4.72. The van der Waals surface area contributed by atoms with Crippen LogP contribution in [0.3, 0.4) is 0 Å². The van der Waals surface area contributed by atoms with Crippen LogP contribution in [0.2, 0.25) is 0 Å². The summed E-state index contributed by atoms with van der Waals surface area (Å²) in [6.07, 6.45) is -1.34. The number of amides is 2. The van der Waals surface area contributed by atoms with Crippen LogP contribution in [0.5, 0.6) is 0 Å². The van der Waals surface area contributed by atoms with Crippen molar-refractivity contribution in [2.45, 2.75) is 48.7 Å². The van der Waals surface area contributed by atoms with Crippen molar-refractivity contribution in [3.05, 3.63) is 83.2 Å². The number of anilines is 1. The number of benzene rings is 3. The van der Waals surface area contributed by atoms with E-state index in [1.54, 1.807) is 29.2 Å². The lowest BCUT2D eigenvalue weighted by atomic mass is 9.79. The van der Waals surface area contributed by atoms with Crippen LogP contribution in [0.4, 0.5) is 28.0 Å². The molecule has 0 radical (unpaired) electrons. The number of primary sulfonamides is 1. The first-order valence-electron chi connectivity index (χ1n) is 12.1. The van der Waals surface area contributed by atoms with Crippen LogP contribution in [-0.2, 0) is 28.2 Å². The van der Waals surface area contributed by atoms with Crippen molar-refractivity contribution in [2.24, 2.45) is 5.14 Å². The van der Waals surface area contributed by atoms with Gasteiger partial charge in [0.2, 0.25) is 10.0 Å². The summed E-state index contributed by atoms with van der Waals surface area (Å²) in [5.41, 5.74) is 0.164. The zero-order valence-electron chi connectivity index (χ0n) is 20.2. The largest absolute Gasteiger partial charge is 0.417 e. The number of carbonyl (C=O) groups excluding carboxylic acids is 1. The molecular weight excluding hydrogens is 522 g/mol. The molecule has 3 N–H and O–H groups in total. The highest BCUT2D eigenvalue weighted by Gasteiger charge is 2.46. The zero-order valence-corrected chi connectivity index (χ0v) is 21.0. The summed E-state index contributed by atoms with van der Waals surface area (Å²) in [4.78, 5) is 14.8. The monoisotopic (exact) mass is 547 g/mol. The Balaban J connectivity index is 1.45. The zero-order chi connectivity index (χ0) is 27.3. The first kappa shape index (κ1) is 26.2. The van der Waals surface area contributed by atoms with Crippen LogP contribution in [0, 0.1) is 5.82 Å². The van der Waals surface area contributed by atoms with Crippen LogP contribution in [0.15, 0.2) is 65.6 Å². The molecule has 11 heteroatoms. The second-order valence-electron chi connectivity index (χ2n) is 9.81. The SMILES string of the molecule is NS(=O)(=O)c1ccc(CNC(=O)N2CC3(CCCC3)c3cc(-c4c(F)cccc4C(F)(F)F)ccc32)cc1. The minimum absolute atomic E-state index is 0.0384. The number of alkyl halides is 3. The van der Waals surface area contributed by atoms with Gasteiger partial charge < -0.3 is 5.32 Å². The Kier molecular flexibility index (Phi) is 6.47. The summed E-state index contributed by atoms with van der Waals surface area (Å²) in [6.45, 7) is 0.496. The van der Waals surface area contributed by atoms with Gasteiger partial charge in [-0.2, -0.15) is 13.2 Å². The number of hydrogen-bond acceptors (Lipinski definition) is 3. The normalized spacial score (nSPS) is 16.6. The quantitative estimate of drug-likeness (QED) is 0.411. The third-order valence-corrected chi connectivity index (χ3v) is 8.36. The lowest BCUT2D eigenvalue weighted by Gasteiger charge is -2.25. The van der Waals surface area contributed by atoms with Gasteiger partial charge in [-0.05, 0) is 65.9 Å². The minimum Gasteiger partial charge on any atom is -0.334 e. The third-order valence-electron chi connectivity index (χ3n) is 7.43. The molecule has 2 amide bonds. The van der Waals surface area contributed by atoms with Crippen molar-refractivity contribution in [1.29, 1.82) is 0 Å². The maximum absolute atomic E-state index is 14.7. The Morgan fingerprint density at radius 1 is 1.03 bits per heavy atom. The molecule has 6 nitrogen and oxygen atoms in total. The molecule has 0 atom stereocenters. The van der Waals surface area contributed by atoms with E-state index in [0.717, 1.165) is 49.4 Å². The second-order valence-corrected chi connectivity index (χ2v) is 11.4. The number of fused-ring (bicyclic) bond motifs is 2. The van der Waals surface area contributed by atoms with Gasteiger partial charge in [-0.25, -0.2) is 22.7 Å². The number of nitrogens with two attached hydrogens (primary N) is 1. The Morgan fingerprint density at radius 2 is 1.71 bits per heavy atom. The smallest absolute Gasteiger partial charge is 0.334 e. The van der Waals surface area contributed by atoms with Gasteiger partial charge >= 0.3 is 12.2 Å². The molecule has 0 aromatic heterocycles. The molecule has 1 aliphatic heterocycles. The highest BCUT2D eigenvalue weighted by molar-refractivity contribution is 7.89. The lowest BCUT2D eigenvalue weighted by Crippen LogP contribution is -2.41. The van der Waals surface area contributed by atoms with E-state index >= 15 is 0 Å². The number of halogens is 4. The second kappa shape index (κ2) is 9.39. The van der Waals surface area contributed by atoms with E-state index in [4.69, 9.17) is 5.14 Å². The Labute approximate surface area is 217 Å². The molecule has 1 aliphatic carbocycles. The predicted octanol–water partition coefficient (Wildman–Crippen LogP) is 5.70. The van der Waals surface area contributed by atoms with Crippen LogP contribution >= 0.6 is 0 Å².